The maximum Gasteiger partial charge on any atom is 0.226 e. The van der Waals surface area contributed by atoms with Crippen molar-refractivity contribution in [3.8, 4) is 5.75 Å². The van der Waals surface area contributed by atoms with Crippen molar-refractivity contribution < 1.29 is 19.8 Å². The van der Waals surface area contributed by atoms with Crippen LogP contribution in [0.25, 0.3) is 0 Å². The third-order valence-corrected chi connectivity index (χ3v) is 10.9. The zero-order chi connectivity index (χ0) is 27.1. The Morgan fingerprint density at radius 1 is 1.31 bits per heavy atom. The van der Waals surface area contributed by atoms with Crippen LogP contribution in [0.2, 0.25) is 0 Å². The fourth-order valence-electron chi connectivity index (χ4n) is 8.19. The van der Waals surface area contributed by atoms with Gasteiger partial charge >= 0.3 is 0 Å². The van der Waals surface area contributed by atoms with E-state index in [0.29, 0.717) is 41.0 Å². The van der Waals surface area contributed by atoms with Crippen LogP contribution in [0.1, 0.15) is 72.9 Å². The summed E-state index contributed by atoms with van der Waals surface area (Å²) < 4.78 is 5.51. The Balaban J connectivity index is 1.22. The van der Waals surface area contributed by atoms with E-state index in [1.165, 1.54) is 22.5 Å². The molecule has 1 amide bonds. The number of morpholine rings is 1. The highest BCUT2D eigenvalue weighted by molar-refractivity contribution is 7.15. The highest BCUT2D eigenvalue weighted by atomic mass is 32.1. The van der Waals surface area contributed by atoms with Crippen LogP contribution in [0.15, 0.2) is 23.5 Å². The van der Waals surface area contributed by atoms with Gasteiger partial charge in [0.25, 0.3) is 0 Å². The number of aromatic hydroxyl groups is 1. The third-order valence-electron chi connectivity index (χ3n) is 10.0. The number of carbonyl (C=O) groups is 1. The molecule has 9 heteroatoms. The second kappa shape index (κ2) is 10.8. The number of ether oxygens (including phenoxy) is 1. The molecular formula is C30H40N4O4S. The lowest BCUT2D eigenvalue weighted by Gasteiger charge is -2.50. The molecule has 2 aromatic rings. The Morgan fingerprint density at radius 3 is 2.87 bits per heavy atom. The molecule has 8 nitrogen and oxygen atoms in total. The van der Waals surface area contributed by atoms with Gasteiger partial charge in [0, 0.05) is 48.1 Å². The van der Waals surface area contributed by atoms with Crippen molar-refractivity contribution in [2.45, 2.75) is 71.3 Å². The fourth-order valence-corrected chi connectivity index (χ4v) is 8.87. The summed E-state index contributed by atoms with van der Waals surface area (Å²) in [7, 11) is 0. The highest BCUT2D eigenvalue weighted by Crippen LogP contribution is 2.62. The Morgan fingerprint density at radius 2 is 2.13 bits per heavy atom. The quantitative estimate of drug-likeness (QED) is 0.331. The molecule has 0 radical (unpaired) electrons. The number of fused-ring (bicyclic) bond motifs is 5. The zero-order valence-electron chi connectivity index (χ0n) is 23.0. The summed E-state index contributed by atoms with van der Waals surface area (Å²) in [6, 6.07) is 4.31. The number of phenolic OH excluding ortho intramolecular Hbond substituents is 1. The van der Waals surface area contributed by atoms with Gasteiger partial charge in [-0.15, -0.1) is 11.3 Å². The molecule has 2 saturated carbocycles. The van der Waals surface area contributed by atoms with E-state index in [1.807, 2.05) is 13.0 Å². The summed E-state index contributed by atoms with van der Waals surface area (Å²) >= 11 is 1.49. The van der Waals surface area contributed by atoms with Crippen molar-refractivity contribution >= 4 is 28.1 Å². The number of hydrogen-bond acceptors (Lipinski definition) is 8. The van der Waals surface area contributed by atoms with Crippen molar-refractivity contribution in [2.24, 2.45) is 28.3 Å². The van der Waals surface area contributed by atoms with Crippen LogP contribution in [0.4, 0.5) is 5.13 Å². The number of nitrogens with one attached hydrogen (secondary N) is 1. The lowest BCUT2D eigenvalue weighted by atomic mass is 9.54. The van der Waals surface area contributed by atoms with E-state index in [-0.39, 0.29) is 11.3 Å². The second-order valence-corrected chi connectivity index (χ2v) is 13.5. The van der Waals surface area contributed by atoms with Crippen LogP contribution in [0, 0.1) is 30.1 Å². The summed E-state index contributed by atoms with van der Waals surface area (Å²) in [5.41, 5.74) is 4.48. The Hall–Kier alpha value is -2.49. The number of amides is 1. The Bertz CT molecular complexity index is 1260. The molecule has 210 valence electrons. The molecule has 5 atom stereocenters. The largest absolute Gasteiger partial charge is 0.508 e. The minimum atomic E-state index is -0.130. The SMILES string of the molecule is Cc1cnc(NC(=O)CCC2C/C(=N\O)C3(C)CCC4c5cc(CN6CCOCC6)c(O)cc5CCC4C23)s1. The molecule has 1 aliphatic heterocycles. The van der Waals surface area contributed by atoms with Gasteiger partial charge in [-0.2, -0.15) is 0 Å². The normalized spacial score (nSPS) is 31.5. The lowest BCUT2D eigenvalue weighted by Crippen LogP contribution is -2.44. The average Bonchev–Trinajstić information content (AvgIpc) is 3.47. The third kappa shape index (κ3) is 5.09. The van der Waals surface area contributed by atoms with E-state index in [1.54, 1.807) is 6.20 Å². The van der Waals surface area contributed by atoms with Gasteiger partial charge in [0.05, 0.1) is 18.9 Å². The van der Waals surface area contributed by atoms with Gasteiger partial charge in [-0.05, 0) is 86.3 Å². The van der Waals surface area contributed by atoms with Crippen LogP contribution in [0.3, 0.4) is 0 Å². The minimum absolute atomic E-state index is 0.00465. The molecule has 3 N–H and O–H groups in total. The molecule has 5 unspecified atom stereocenters. The van der Waals surface area contributed by atoms with Crippen molar-refractivity contribution in [2.75, 3.05) is 31.6 Å². The van der Waals surface area contributed by atoms with E-state index in [4.69, 9.17) is 4.74 Å². The van der Waals surface area contributed by atoms with Crippen molar-refractivity contribution in [3.63, 3.8) is 0 Å². The predicted octanol–water partition coefficient (Wildman–Crippen LogP) is 5.32. The standard InChI is InChI=1S/C30H40N4O4S/c1-18-16-31-29(39-18)32-27(36)6-4-20-15-26(33-37)30(2)8-7-22-23(28(20)30)5-3-19-14-25(35)21(13-24(19)22)17-34-9-11-38-12-10-34/h13-14,16,20,22-23,28,35,37H,3-12,15,17H2,1-2H3,(H,31,32,36)/b33-26+. The summed E-state index contributed by atoms with van der Waals surface area (Å²) in [6.45, 7) is 8.30. The van der Waals surface area contributed by atoms with Gasteiger partial charge in [-0.1, -0.05) is 18.1 Å². The monoisotopic (exact) mass is 552 g/mol. The fraction of sp³-hybridized carbons (Fsp3) is 0.633. The molecule has 1 saturated heterocycles. The number of benzene rings is 1. The predicted molar refractivity (Wildman–Crippen MR) is 152 cm³/mol. The van der Waals surface area contributed by atoms with Crippen molar-refractivity contribution in [1.82, 2.24) is 9.88 Å². The Kier molecular flexibility index (Phi) is 7.41. The molecule has 4 aliphatic rings. The van der Waals surface area contributed by atoms with E-state index in [2.05, 4.69) is 33.3 Å². The molecule has 1 aromatic carbocycles. The number of aromatic nitrogens is 1. The number of oxime groups is 1. The number of nitrogens with zero attached hydrogens (tertiary/aromatic N) is 3. The van der Waals surface area contributed by atoms with Gasteiger partial charge in [0.15, 0.2) is 5.13 Å². The number of hydrogen-bond donors (Lipinski definition) is 3. The van der Waals surface area contributed by atoms with Crippen LogP contribution in [-0.2, 0) is 22.5 Å². The zero-order valence-corrected chi connectivity index (χ0v) is 23.8. The molecule has 1 aromatic heterocycles. The first kappa shape index (κ1) is 26.7. The molecule has 0 spiro atoms. The van der Waals surface area contributed by atoms with Crippen LogP contribution >= 0.6 is 11.3 Å². The molecule has 2 heterocycles. The minimum Gasteiger partial charge on any atom is -0.508 e. The lowest BCUT2D eigenvalue weighted by molar-refractivity contribution is -0.116. The number of thiazole rings is 1. The number of anilines is 1. The Labute approximate surface area is 234 Å². The number of rotatable bonds is 6. The first-order valence-corrected chi connectivity index (χ1v) is 15.3. The molecule has 39 heavy (non-hydrogen) atoms. The summed E-state index contributed by atoms with van der Waals surface area (Å²) in [4.78, 5) is 20.5. The maximum atomic E-state index is 12.8. The highest BCUT2D eigenvalue weighted by Gasteiger charge is 2.57. The number of aryl methyl sites for hydroxylation is 2. The van der Waals surface area contributed by atoms with E-state index in [9.17, 15) is 15.1 Å². The molecule has 3 fully saturated rings. The van der Waals surface area contributed by atoms with E-state index in [0.717, 1.165) is 87.5 Å². The summed E-state index contributed by atoms with van der Waals surface area (Å²) in [5, 5.41) is 28.3. The molecule has 0 bridgehead atoms. The molecule has 6 rings (SSSR count). The number of carbonyl (C=O) groups excluding carboxylic acids is 1. The topological polar surface area (TPSA) is 107 Å². The molecule has 3 aliphatic carbocycles. The van der Waals surface area contributed by atoms with E-state index < -0.39 is 0 Å². The van der Waals surface area contributed by atoms with Gasteiger partial charge in [-0.25, -0.2) is 4.98 Å². The second-order valence-electron chi connectivity index (χ2n) is 12.2. The van der Waals surface area contributed by atoms with Gasteiger partial charge in [0.1, 0.15) is 5.75 Å². The van der Waals surface area contributed by atoms with Crippen LogP contribution in [-0.4, -0.2) is 58.1 Å². The molecular weight excluding hydrogens is 512 g/mol. The summed E-state index contributed by atoms with van der Waals surface area (Å²) in [5.74, 6) is 2.01. The summed E-state index contributed by atoms with van der Waals surface area (Å²) in [6.07, 6.45) is 7.83. The maximum absolute atomic E-state index is 12.8. The number of phenols is 1. The smallest absolute Gasteiger partial charge is 0.226 e. The average molecular weight is 553 g/mol. The first-order chi connectivity index (χ1) is 18.9. The van der Waals surface area contributed by atoms with Gasteiger partial charge < -0.3 is 20.4 Å². The van der Waals surface area contributed by atoms with Gasteiger partial charge in [0.2, 0.25) is 5.91 Å². The van der Waals surface area contributed by atoms with Gasteiger partial charge in [-0.3, -0.25) is 9.69 Å². The van der Waals surface area contributed by atoms with Crippen LogP contribution in [0.5, 0.6) is 5.75 Å². The van der Waals surface area contributed by atoms with Crippen molar-refractivity contribution in [3.05, 3.63) is 39.9 Å². The van der Waals surface area contributed by atoms with Crippen LogP contribution < -0.4 is 5.32 Å². The van der Waals surface area contributed by atoms with Crippen molar-refractivity contribution in [1.29, 1.82) is 0 Å². The first-order valence-electron chi connectivity index (χ1n) is 14.4. The van der Waals surface area contributed by atoms with E-state index >= 15 is 0 Å².